The van der Waals surface area contributed by atoms with Crippen LogP contribution in [0.1, 0.15) is 38.3 Å². The number of carbonyl (C=O) groups is 1. The quantitative estimate of drug-likeness (QED) is 0.711. The summed E-state index contributed by atoms with van der Waals surface area (Å²) in [5.74, 6) is 0.841. The number of morpholine rings is 1. The molecule has 2 unspecified atom stereocenters. The van der Waals surface area contributed by atoms with Crippen LogP contribution in [-0.4, -0.2) is 41.9 Å². The molecule has 30 heavy (non-hydrogen) atoms. The van der Waals surface area contributed by atoms with E-state index in [1.54, 1.807) is 0 Å². The van der Waals surface area contributed by atoms with Crippen molar-refractivity contribution in [2.24, 2.45) is 0 Å². The third-order valence-electron chi connectivity index (χ3n) is 5.26. The molecule has 4 rings (SSSR count). The van der Waals surface area contributed by atoms with Crippen LogP contribution < -0.4 is 4.74 Å². The average molecular weight is 408 g/mol. The molecule has 5 heteroatoms. The van der Waals surface area contributed by atoms with Gasteiger partial charge in [0.1, 0.15) is 18.0 Å². The molecule has 2 aliphatic heterocycles. The SMILES string of the molecule is CC(C)(C)OC(=O)N1C2C=C(c3cccc(OCc4ccccc4)c3)CC1COC2. The van der Waals surface area contributed by atoms with E-state index in [4.69, 9.17) is 14.2 Å². The Morgan fingerprint density at radius 2 is 1.90 bits per heavy atom. The van der Waals surface area contributed by atoms with Crippen LogP contribution in [0.25, 0.3) is 5.57 Å². The molecule has 0 aromatic heterocycles. The first-order chi connectivity index (χ1) is 14.4. The topological polar surface area (TPSA) is 48.0 Å². The molecule has 2 aromatic rings. The maximum absolute atomic E-state index is 12.7. The molecule has 0 saturated carbocycles. The molecule has 2 bridgehead atoms. The summed E-state index contributed by atoms with van der Waals surface area (Å²) in [5.41, 5.74) is 2.97. The van der Waals surface area contributed by atoms with Gasteiger partial charge in [0.2, 0.25) is 0 Å². The molecule has 0 N–H and O–H groups in total. The van der Waals surface area contributed by atoms with E-state index >= 15 is 0 Å². The summed E-state index contributed by atoms with van der Waals surface area (Å²) in [5, 5.41) is 0. The van der Waals surface area contributed by atoms with Crippen LogP contribution in [0.3, 0.4) is 0 Å². The molecule has 2 aromatic carbocycles. The second kappa shape index (κ2) is 8.52. The van der Waals surface area contributed by atoms with Crippen LogP contribution in [0.5, 0.6) is 5.75 Å². The monoisotopic (exact) mass is 407 g/mol. The summed E-state index contributed by atoms with van der Waals surface area (Å²) in [6.45, 7) is 7.23. The standard InChI is InChI=1S/C25H29NO4/c1-25(2,3)30-24(27)26-21-12-20(13-22(26)17-28-16-21)19-10-7-11-23(14-19)29-15-18-8-5-4-6-9-18/h4-12,14,21-22H,13,15-17H2,1-3H3. The Morgan fingerprint density at radius 3 is 2.63 bits per heavy atom. The number of amides is 1. The summed E-state index contributed by atoms with van der Waals surface area (Å²) in [6.07, 6.45) is 2.60. The Morgan fingerprint density at radius 1 is 1.10 bits per heavy atom. The number of rotatable bonds is 4. The van der Waals surface area contributed by atoms with Crippen molar-refractivity contribution < 1.29 is 19.0 Å². The van der Waals surface area contributed by atoms with E-state index < -0.39 is 5.60 Å². The Hall–Kier alpha value is -2.79. The van der Waals surface area contributed by atoms with E-state index in [-0.39, 0.29) is 18.2 Å². The van der Waals surface area contributed by atoms with Gasteiger partial charge in [-0.3, -0.25) is 4.90 Å². The number of carbonyl (C=O) groups excluding carboxylic acids is 1. The van der Waals surface area contributed by atoms with Gasteiger partial charge in [-0.1, -0.05) is 48.5 Å². The molecule has 1 saturated heterocycles. The van der Waals surface area contributed by atoms with Crippen molar-refractivity contribution in [2.45, 2.75) is 51.5 Å². The number of ether oxygens (including phenoxy) is 3. The molecule has 5 nitrogen and oxygen atoms in total. The molecule has 2 atom stereocenters. The maximum Gasteiger partial charge on any atom is 0.411 e. The highest BCUT2D eigenvalue weighted by atomic mass is 16.6. The fourth-order valence-corrected chi connectivity index (χ4v) is 3.94. The lowest BCUT2D eigenvalue weighted by atomic mass is 9.90. The zero-order valence-corrected chi connectivity index (χ0v) is 17.8. The molecule has 2 aliphatic rings. The largest absolute Gasteiger partial charge is 0.489 e. The van der Waals surface area contributed by atoms with E-state index in [1.165, 1.54) is 5.57 Å². The zero-order valence-electron chi connectivity index (χ0n) is 17.8. The van der Waals surface area contributed by atoms with E-state index in [0.717, 1.165) is 23.3 Å². The normalized spacial score (nSPS) is 21.0. The second-order valence-electron chi connectivity index (χ2n) is 8.84. The predicted molar refractivity (Wildman–Crippen MR) is 116 cm³/mol. The number of hydrogen-bond acceptors (Lipinski definition) is 4. The van der Waals surface area contributed by atoms with Crippen LogP contribution >= 0.6 is 0 Å². The molecule has 1 amide bonds. The van der Waals surface area contributed by atoms with Gasteiger partial charge >= 0.3 is 6.09 Å². The molecule has 158 valence electrons. The van der Waals surface area contributed by atoms with Crippen molar-refractivity contribution in [3.05, 3.63) is 71.8 Å². The number of hydrogen-bond donors (Lipinski definition) is 0. The summed E-state index contributed by atoms with van der Waals surface area (Å²) >= 11 is 0. The molecule has 1 fully saturated rings. The summed E-state index contributed by atoms with van der Waals surface area (Å²) in [4.78, 5) is 14.6. The van der Waals surface area contributed by atoms with E-state index in [0.29, 0.717) is 19.8 Å². The van der Waals surface area contributed by atoms with Gasteiger partial charge < -0.3 is 14.2 Å². The minimum atomic E-state index is -0.513. The third kappa shape index (κ3) is 4.85. The summed E-state index contributed by atoms with van der Waals surface area (Å²) < 4.78 is 17.3. The highest BCUT2D eigenvalue weighted by Gasteiger charge is 2.40. The third-order valence-corrected chi connectivity index (χ3v) is 5.26. The van der Waals surface area contributed by atoms with Gasteiger partial charge in [-0.05, 0) is 56.0 Å². The van der Waals surface area contributed by atoms with Crippen molar-refractivity contribution in [3.63, 3.8) is 0 Å². The van der Waals surface area contributed by atoms with Gasteiger partial charge in [0.15, 0.2) is 0 Å². The van der Waals surface area contributed by atoms with Gasteiger partial charge in [-0.2, -0.15) is 0 Å². The van der Waals surface area contributed by atoms with Crippen molar-refractivity contribution in [2.75, 3.05) is 13.2 Å². The lowest BCUT2D eigenvalue weighted by Gasteiger charge is -2.44. The fraction of sp³-hybridized carbons (Fsp3) is 0.400. The summed E-state index contributed by atoms with van der Waals surface area (Å²) in [7, 11) is 0. The van der Waals surface area contributed by atoms with E-state index in [2.05, 4.69) is 30.3 Å². The van der Waals surface area contributed by atoms with Crippen molar-refractivity contribution >= 4 is 11.7 Å². The minimum Gasteiger partial charge on any atom is -0.489 e. The Bertz CT molecular complexity index is 916. The zero-order chi connectivity index (χ0) is 21.1. The van der Waals surface area contributed by atoms with Crippen LogP contribution in [0.15, 0.2) is 60.7 Å². The molecular weight excluding hydrogens is 378 g/mol. The number of nitrogens with zero attached hydrogens (tertiary/aromatic N) is 1. The van der Waals surface area contributed by atoms with Gasteiger partial charge in [-0.25, -0.2) is 4.79 Å². The average Bonchev–Trinajstić information content (AvgIpc) is 2.71. The summed E-state index contributed by atoms with van der Waals surface area (Å²) in [6, 6.07) is 18.2. The maximum atomic E-state index is 12.7. The number of fused-ring (bicyclic) bond motifs is 2. The molecule has 2 heterocycles. The first-order valence-electron chi connectivity index (χ1n) is 10.5. The smallest absolute Gasteiger partial charge is 0.411 e. The van der Waals surface area contributed by atoms with Crippen LogP contribution in [0, 0.1) is 0 Å². The first kappa shape index (κ1) is 20.5. The molecule has 0 aliphatic carbocycles. The van der Waals surface area contributed by atoms with E-state index in [1.807, 2.05) is 56.0 Å². The van der Waals surface area contributed by atoms with Gasteiger partial charge in [0, 0.05) is 0 Å². The van der Waals surface area contributed by atoms with Crippen LogP contribution in [0.4, 0.5) is 4.79 Å². The van der Waals surface area contributed by atoms with Gasteiger partial charge in [0.05, 0.1) is 25.3 Å². The molecular formula is C25H29NO4. The van der Waals surface area contributed by atoms with Crippen molar-refractivity contribution in [1.82, 2.24) is 4.90 Å². The second-order valence-corrected chi connectivity index (χ2v) is 8.84. The molecule has 0 radical (unpaired) electrons. The minimum absolute atomic E-state index is 0.0208. The highest BCUT2D eigenvalue weighted by molar-refractivity contribution is 5.75. The number of benzene rings is 2. The Kier molecular flexibility index (Phi) is 5.82. The predicted octanol–water partition coefficient (Wildman–Crippen LogP) is 5.06. The van der Waals surface area contributed by atoms with Crippen LogP contribution in [0.2, 0.25) is 0 Å². The van der Waals surface area contributed by atoms with E-state index in [9.17, 15) is 4.79 Å². The van der Waals surface area contributed by atoms with Gasteiger partial charge in [0.25, 0.3) is 0 Å². The van der Waals surface area contributed by atoms with Crippen molar-refractivity contribution in [3.8, 4) is 5.75 Å². The first-order valence-corrected chi connectivity index (χ1v) is 10.5. The highest BCUT2D eigenvalue weighted by Crippen LogP contribution is 2.34. The lowest BCUT2D eigenvalue weighted by Crippen LogP contribution is -2.57. The Balaban J connectivity index is 1.50. The Labute approximate surface area is 178 Å². The van der Waals surface area contributed by atoms with Gasteiger partial charge in [-0.15, -0.1) is 0 Å². The van der Waals surface area contributed by atoms with Crippen LogP contribution in [-0.2, 0) is 16.1 Å². The lowest BCUT2D eigenvalue weighted by molar-refractivity contribution is -0.0510. The molecule has 0 spiro atoms. The fourth-order valence-electron chi connectivity index (χ4n) is 3.94. The van der Waals surface area contributed by atoms with Crippen molar-refractivity contribution in [1.29, 1.82) is 0 Å².